The topological polar surface area (TPSA) is 45.8 Å². The Labute approximate surface area is 85.6 Å². The Morgan fingerprint density at radius 2 is 2.14 bits per heavy atom. The van der Waals surface area contributed by atoms with Crippen LogP contribution in [0, 0.1) is 0 Å². The van der Waals surface area contributed by atoms with Crippen molar-refractivity contribution in [3.8, 4) is 0 Å². The van der Waals surface area contributed by atoms with Gasteiger partial charge in [-0.05, 0) is 0 Å². The van der Waals surface area contributed by atoms with Gasteiger partial charge in [0.15, 0.2) is 0 Å². The molecular formula is C10H6N2OSe. The molecule has 1 aromatic heterocycles. The zero-order valence-electron chi connectivity index (χ0n) is 7.15. The molecule has 2 aromatic carbocycles. The molecule has 0 spiro atoms. The molecule has 0 saturated carbocycles. The van der Waals surface area contributed by atoms with Gasteiger partial charge in [0.05, 0.1) is 0 Å². The fourth-order valence-corrected chi connectivity index (χ4v) is 2.88. The van der Waals surface area contributed by atoms with E-state index in [9.17, 15) is 4.79 Å². The molecule has 3 rings (SSSR count). The van der Waals surface area contributed by atoms with Crippen LogP contribution in [0.1, 0.15) is 0 Å². The second-order valence-corrected chi connectivity index (χ2v) is 4.29. The quantitative estimate of drug-likeness (QED) is 0.607. The summed E-state index contributed by atoms with van der Waals surface area (Å²) >= 11 is 0.0545. The van der Waals surface area contributed by atoms with Crippen LogP contribution >= 0.6 is 0 Å². The molecule has 14 heavy (non-hydrogen) atoms. The van der Waals surface area contributed by atoms with Gasteiger partial charge in [-0.15, -0.1) is 0 Å². The van der Waals surface area contributed by atoms with E-state index >= 15 is 0 Å². The van der Waals surface area contributed by atoms with E-state index < -0.39 is 0 Å². The molecule has 4 heteroatoms. The van der Waals surface area contributed by atoms with Crippen molar-refractivity contribution >= 4 is 36.8 Å². The summed E-state index contributed by atoms with van der Waals surface area (Å²) in [6, 6.07) is 9.23. The molecular weight excluding hydrogens is 243 g/mol. The van der Waals surface area contributed by atoms with Crippen LogP contribution in [0.2, 0.25) is 0 Å². The maximum absolute atomic E-state index is 11.7. The Balaban J connectivity index is 2.74. The Bertz CT molecular complexity index is 668. The summed E-state index contributed by atoms with van der Waals surface area (Å²) in [5, 5.41) is 1.75. The van der Waals surface area contributed by atoms with E-state index in [1.807, 2.05) is 18.2 Å². The average Bonchev–Trinajstić information content (AvgIpc) is 2.65. The van der Waals surface area contributed by atoms with Gasteiger partial charge in [0.1, 0.15) is 0 Å². The number of aromatic nitrogens is 2. The van der Waals surface area contributed by atoms with Crippen molar-refractivity contribution in [2.75, 3.05) is 0 Å². The van der Waals surface area contributed by atoms with Crippen molar-refractivity contribution < 1.29 is 0 Å². The number of fused-ring (bicyclic) bond motifs is 3. The molecule has 3 nitrogen and oxygen atoms in total. The Morgan fingerprint density at radius 1 is 1.21 bits per heavy atom. The van der Waals surface area contributed by atoms with Gasteiger partial charge in [-0.25, -0.2) is 0 Å². The molecule has 0 fully saturated rings. The first-order valence-electron chi connectivity index (χ1n) is 4.22. The van der Waals surface area contributed by atoms with E-state index in [4.69, 9.17) is 0 Å². The van der Waals surface area contributed by atoms with Crippen LogP contribution < -0.4 is 5.43 Å². The Kier molecular flexibility index (Phi) is 1.60. The van der Waals surface area contributed by atoms with Crippen LogP contribution in [-0.2, 0) is 0 Å². The van der Waals surface area contributed by atoms with Crippen LogP contribution in [0.15, 0.2) is 35.1 Å². The summed E-state index contributed by atoms with van der Waals surface area (Å²) in [5.74, 6) is 0. The van der Waals surface area contributed by atoms with Gasteiger partial charge in [-0.3, -0.25) is 0 Å². The molecule has 0 aliphatic carbocycles. The number of nitrogens with one attached hydrogen (secondary N) is 1. The third-order valence-electron chi connectivity index (χ3n) is 2.28. The third-order valence-corrected chi connectivity index (χ3v) is 3.50. The summed E-state index contributed by atoms with van der Waals surface area (Å²) in [5.41, 5.74) is 1.90. The van der Waals surface area contributed by atoms with Gasteiger partial charge >= 0.3 is 85.3 Å². The molecule has 1 N–H and O–H groups in total. The summed E-state index contributed by atoms with van der Waals surface area (Å²) in [7, 11) is 0. The Hall–Kier alpha value is -1.38. The molecule has 0 radical (unpaired) electrons. The van der Waals surface area contributed by atoms with Gasteiger partial charge in [0, 0.05) is 0 Å². The molecule has 3 aromatic rings. The summed E-state index contributed by atoms with van der Waals surface area (Å²) in [6.45, 7) is 0. The molecule has 0 atom stereocenters. The molecule has 0 unspecified atom stereocenters. The van der Waals surface area contributed by atoms with Gasteiger partial charge in [0.2, 0.25) is 0 Å². The SMILES string of the molecule is O=c1cccc2ccc3n[se][nH]c3c12. The molecule has 0 saturated heterocycles. The molecule has 0 bridgehead atoms. The number of nitrogens with zero attached hydrogens (tertiary/aromatic N) is 1. The van der Waals surface area contributed by atoms with Gasteiger partial charge in [-0.2, -0.15) is 0 Å². The summed E-state index contributed by atoms with van der Waals surface area (Å²) in [6.07, 6.45) is 0. The third kappa shape index (κ3) is 0.983. The Morgan fingerprint density at radius 3 is 3.07 bits per heavy atom. The van der Waals surface area contributed by atoms with E-state index in [0.29, 0.717) is 0 Å². The maximum atomic E-state index is 11.7. The fourth-order valence-electron chi connectivity index (χ4n) is 1.63. The van der Waals surface area contributed by atoms with E-state index in [2.05, 4.69) is 7.96 Å². The van der Waals surface area contributed by atoms with Crippen molar-refractivity contribution in [2.45, 2.75) is 0 Å². The predicted molar refractivity (Wildman–Crippen MR) is 56.8 cm³/mol. The van der Waals surface area contributed by atoms with Crippen LogP contribution in [0.25, 0.3) is 21.8 Å². The molecule has 0 aliphatic rings. The van der Waals surface area contributed by atoms with Crippen molar-refractivity contribution in [1.82, 2.24) is 7.96 Å². The van der Waals surface area contributed by atoms with Crippen molar-refractivity contribution in [2.24, 2.45) is 0 Å². The van der Waals surface area contributed by atoms with E-state index in [1.165, 1.54) is 0 Å². The van der Waals surface area contributed by atoms with Crippen LogP contribution in [-0.4, -0.2) is 22.9 Å². The molecule has 0 amide bonds. The standard InChI is InChI=1S/C10H6N2OSe/c13-8-3-1-2-6-4-5-7-10(9(6)8)12-14-11-7/h1-5,12H. The minimum atomic E-state index is 0.0545. The average molecular weight is 249 g/mol. The molecule has 68 valence electrons. The van der Waals surface area contributed by atoms with Crippen LogP contribution in [0.5, 0.6) is 0 Å². The molecule has 0 aliphatic heterocycles. The first-order chi connectivity index (χ1) is 6.86. The minimum absolute atomic E-state index is 0.0545. The van der Waals surface area contributed by atoms with E-state index in [0.717, 1.165) is 21.8 Å². The van der Waals surface area contributed by atoms with Gasteiger partial charge in [-0.1, -0.05) is 0 Å². The number of aromatic amines is 1. The van der Waals surface area contributed by atoms with Crippen molar-refractivity contribution in [3.05, 3.63) is 40.6 Å². The number of hydrogen-bond acceptors (Lipinski definition) is 2. The first kappa shape index (κ1) is 7.97. The van der Waals surface area contributed by atoms with Crippen LogP contribution in [0.4, 0.5) is 0 Å². The second-order valence-electron chi connectivity index (χ2n) is 3.10. The van der Waals surface area contributed by atoms with Gasteiger partial charge in [0.25, 0.3) is 0 Å². The summed E-state index contributed by atoms with van der Waals surface area (Å²) < 4.78 is 7.48. The zero-order valence-corrected chi connectivity index (χ0v) is 8.86. The number of hydrogen-bond donors (Lipinski definition) is 1. The fraction of sp³-hybridized carbons (Fsp3) is 0. The number of benzene rings is 2. The molecule has 1 heterocycles. The van der Waals surface area contributed by atoms with E-state index in [1.54, 1.807) is 12.1 Å². The monoisotopic (exact) mass is 250 g/mol. The predicted octanol–water partition coefficient (Wildman–Crippen LogP) is 1.13. The van der Waals surface area contributed by atoms with Gasteiger partial charge < -0.3 is 0 Å². The summed E-state index contributed by atoms with van der Waals surface area (Å²) in [4.78, 5) is 11.7. The van der Waals surface area contributed by atoms with Crippen molar-refractivity contribution in [3.63, 3.8) is 0 Å². The zero-order chi connectivity index (χ0) is 9.54. The number of rotatable bonds is 0. The van der Waals surface area contributed by atoms with Crippen molar-refractivity contribution in [1.29, 1.82) is 0 Å². The van der Waals surface area contributed by atoms with Crippen LogP contribution in [0.3, 0.4) is 0 Å². The second kappa shape index (κ2) is 2.80. The normalized spacial score (nSPS) is 11.1. The first-order valence-corrected chi connectivity index (χ1v) is 5.84. The van der Waals surface area contributed by atoms with E-state index in [-0.39, 0.29) is 20.4 Å². The number of H-pyrrole nitrogens is 1.